The van der Waals surface area contributed by atoms with Crippen LogP contribution in [0.5, 0.6) is 0 Å². The molecule has 0 aliphatic heterocycles. The van der Waals surface area contributed by atoms with Crippen molar-refractivity contribution in [3.05, 3.63) is 10.7 Å². The van der Waals surface area contributed by atoms with Crippen LogP contribution in [0.2, 0.25) is 4.47 Å². The largest absolute Gasteiger partial charge is 0.251 e. The van der Waals surface area contributed by atoms with Gasteiger partial charge in [-0.25, -0.2) is 18.1 Å². The lowest BCUT2D eigenvalue weighted by atomic mass is 9.99. The summed E-state index contributed by atoms with van der Waals surface area (Å²) in [7, 11) is -3.43. The van der Waals surface area contributed by atoms with E-state index in [1.165, 1.54) is 19.0 Å². The maximum atomic E-state index is 11.9. The molecule has 2 unspecified atom stereocenters. The summed E-state index contributed by atoms with van der Waals surface area (Å²) < 4.78 is 26.9. The number of aromatic nitrogens is 1. The number of halogens is 1. The van der Waals surface area contributed by atoms with E-state index in [1.807, 2.05) is 0 Å². The van der Waals surface area contributed by atoms with E-state index in [0.29, 0.717) is 18.4 Å². The average molecular weight is 295 g/mol. The van der Waals surface area contributed by atoms with Crippen LogP contribution in [0.4, 0.5) is 0 Å². The minimum absolute atomic E-state index is 0.188. The second-order valence-corrected chi connectivity index (χ2v) is 8.06. The minimum Gasteiger partial charge on any atom is -0.232 e. The Morgan fingerprint density at radius 3 is 2.88 bits per heavy atom. The fourth-order valence-corrected chi connectivity index (χ4v) is 4.61. The van der Waals surface area contributed by atoms with E-state index in [9.17, 15) is 8.42 Å². The van der Waals surface area contributed by atoms with Crippen molar-refractivity contribution in [1.29, 1.82) is 0 Å². The van der Waals surface area contributed by atoms with Crippen LogP contribution in [0.3, 0.4) is 0 Å². The van der Waals surface area contributed by atoms with Crippen molar-refractivity contribution < 1.29 is 8.42 Å². The zero-order valence-electron chi connectivity index (χ0n) is 9.52. The molecule has 0 aromatic carbocycles. The molecule has 0 bridgehead atoms. The highest BCUT2D eigenvalue weighted by Crippen LogP contribution is 2.31. The Hall–Kier alpha value is -0.170. The monoisotopic (exact) mass is 294 g/mol. The zero-order chi connectivity index (χ0) is 12.5. The molecule has 1 aliphatic carbocycles. The molecule has 4 nitrogen and oxygen atoms in total. The van der Waals surface area contributed by atoms with E-state index in [-0.39, 0.29) is 8.68 Å². The van der Waals surface area contributed by atoms with Crippen molar-refractivity contribution in [2.75, 3.05) is 6.54 Å². The van der Waals surface area contributed by atoms with Gasteiger partial charge in [-0.05, 0) is 18.3 Å². The van der Waals surface area contributed by atoms with Crippen LogP contribution in [0.1, 0.15) is 26.2 Å². The molecular weight excluding hydrogens is 280 g/mol. The molecule has 17 heavy (non-hydrogen) atoms. The quantitative estimate of drug-likeness (QED) is 0.928. The predicted molar refractivity (Wildman–Crippen MR) is 68.8 cm³/mol. The highest BCUT2D eigenvalue weighted by molar-refractivity contribution is 7.91. The van der Waals surface area contributed by atoms with Crippen LogP contribution in [0, 0.1) is 11.8 Å². The van der Waals surface area contributed by atoms with Crippen LogP contribution in [-0.2, 0) is 10.0 Å². The summed E-state index contributed by atoms with van der Waals surface area (Å²) in [5.74, 6) is 1.05. The van der Waals surface area contributed by atoms with Crippen molar-refractivity contribution in [2.24, 2.45) is 11.8 Å². The van der Waals surface area contributed by atoms with Gasteiger partial charge in [-0.3, -0.25) is 0 Å². The topological polar surface area (TPSA) is 59.1 Å². The van der Waals surface area contributed by atoms with Gasteiger partial charge in [-0.15, -0.1) is 0 Å². The standard InChI is InChI=1S/C10H15ClN2O2S2/c1-7-3-2-4-8(7)5-13-17(14,15)9-6-12-10(11)16-9/h6-8,13H,2-5H2,1H3. The van der Waals surface area contributed by atoms with E-state index in [4.69, 9.17) is 11.6 Å². The fraction of sp³-hybridized carbons (Fsp3) is 0.700. The molecule has 7 heteroatoms. The van der Waals surface area contributed by atoms with E-state index < -0.39 is 10.0 Å². The summed E-state index contributed by atoms with van der Waals surface area (Å²) in [4.78, 5) is 3.74. The first-order chi connectivity index (χ1) is 7.99. The van der Waals surface area contributed by atoms with E-state index in [0.717, 1.165) is 17.8 Å². The molecular formula is C10H15ClN2O2S2. The minimum atomic E-state index is -3.43. The molecule has 0 radical (unpaired) electrons. The highest BCUT2D eigenvalue weighted by atomic mass is 35.5. The molecule has 96 valence electrons. The highest BCUT2D eigenvalue weighted by Gasteiger charge is 2.26. The first-order valence-corrected chi connectivity index (χ1v) is 8.28. The van der Waals surface area contributed by atoms with Gasteiger partial charge in [0, 0.05) is 6.54 Å². The van der Waals surface area contributed by atoms with Gasteiger partial charge in [0.15, 0.2) is 8.68 Å². The number of nitrogens with one attached hydrogen (secondary N) is 1. The van der Waals surface area contributed by atoms with E-state index in [2.05, 4.69) is 16.6 Å². The molecule has 1 saturated carbocycles. The van der Waals surface area contributed by atoms with Crippen LogP contribution in [0.15, 0.2) is 10.4 Å². The van der Waals surface area contributed by atoms with Crippen LogP contribution < -0.4 is 4.72 Å². The lowest BCUT2D eigenvalue weighted by Gasteiger charge is -2.15. The van der Waals surface area contributed by atoms with Crippen LogP contribution in [-0.4, -0.2) is 19.9 Å². The average Bonchev–Trinajstić information content (AvgIpc) is 2.85. The predicted octanol–water partition coefficient (Wildman–Crippen LogP) is 2.51. The summed E-state index contributed by atoms with van der Waals surface area (Å²) in [6, 6.07) is 0. The third kappa shape index (κ3) is 3.19. The van der Waals surface area contributed by atoms with Gasteiger partial charge < -0.3 is 0 Å². The van der Waals surface area contributed by atoms with Crippen LogP contribution in [0.25, 0.3) is 0 Å². The second kappa shape index (κ2) is 5.22. The Morgan fingerprint density at radius 1 is 1.59 bits per heavy atom. The molecule has 0 spiro atoms. The summed E-state index contributed by atoms with van der Waals surface area (Å²) >= 11 is 6.61. The Morgan fingerprint density at radius 2 is 2.35 bits per heavy atom. The Balaban J connectivity index is 1.98. The number of rotatable bonds is 4. The molecule has 1 aliphatic rings. The maximum Gasteiger partial charge on any atom is 0.251 e. The maximum absolute atomic E-state index is 11.9. The lowest BCUT2D eigenvalue weighted by Crippen LogP contribution is -2.29. The lowest BCUT2D eigenvalue weighted by molar-refractivity contribution is 0.414. The number of thiazole rings is 1. The van der Waals surface area contributed by atoms with Gasteiger partial charge in [0.2, 0.25) is 0 Å². The van der Waals surface area contributed by atoms with Gasteiger partial charge in [-0.1, -0.05) is 42.7 Å². The van der Waals surface area contributed by atoms with Crippen molar-refractivity contribution in [1.82, 2.24) is 9.71 Å². The van der Waals surface area contributed by atoms with Gasteiger partial charge in [0.05, 0.1) is 6.20 Å². The molecule has 1 fully saturated rings. The number of nitrogens with zero attached hydrogens (tertiary/aromatic N) is 1. The molecule has 1 aromatic rings. The fourth-order valence-electron chi connectivity index (χ4n) is 2.18. The third-order valence-corrected chi connectivity index (χ3v) is 6.30. The molecule has 1 heterocycles. The zero-order valence-corrected chi connectivity index (χ0v) is 11.9. The third-order valence-electron chi connectivity index (χ3n) is 3.30. The first kappa shape index (κ1) is 13.3. The van der Waals surface area contributed by atoms with Gasteiger partial charge >= 0.3 is 0 Å². The SMILES string of the molecule is CC1CCCC1CNS(=O)(=O)c1cnc(Cl)s1. The molecule has 1 aromatic heterocycles. The first-order valence-electron chi connectivity index (χ1n) is 5.60. The Bertz CT molecular complexity index is 486. The second-order valence-electron chi connectivity index (χ2n) is 4.45. The van der Waals surface area contributed by atoms with E-state index >= 15 is 0 Å². The van der Waals surface area contributed by atoms with Crippen molar-refractivity contribution >= 4 is 33.0 Å². The smallest absolute Gasteiger partial charge is 0.232 e. The van der Waals surface area contributed by atoms with Crippen molar-refractivity contribution in [2.45, 2.75) is 30.4 Å². The van der Waals surface area contributed by atoms with Crippen LogP contribution >= 0.6 is 22.9 Å². The summed E-state index contributed by atoms with van der Waals surface area (Å²) in [6.07, 6.45) is 4.79. The van der Waals surface area contributed by atoms with Gasteiger partial charge in [-0.2, -0.15) is 0 Å². The summed E-state index contributed by atoms with van der Waals surface area (Å²) in [5.41, 5.74) is 0. The molecule has 0 saturated heterocycles. The summed E-state index contributed by atoms with van der Waals surface area (Å²) in [6.45, 7) is 2.69. The normalized spacial score (nSPS) is 25.3. The summed E-state index contributed by atoms with van der Waals surface area (Å²) in [5, 5.41) is 0. The molecule has 0 amide bonds. The Kier molecular flexibility index (Phi) is 4.07. The number of sulfonamides is 1. The number of hydrogen-bond donors (Lipinski definition) is 1. The molecule has 2 rings (SSSR count). The van der Waals surface area contributed by atoms with Crippen molar-refractivity contribution in [3.8, 4) is 0 Å². The Labute approximate surface area is 110 Å². The molecule has 2 atom stereocenters. The van der Waals surface area contributed by atoms with E-state index in [1.54, 1.807) is 0 Å². The van der Waals surface area contributed by atoms with Gasteiger partial charge in [0.1, 0.15) is 0 Å². The number of hydrogen-bond acceptors (Lipinski definition) is 4. The molecule has 1 N–H and O–H groups in total. The van der Waals surface area contributed by atoms with Gasteiger partial charge in [0.25, 0.3) is 10.0 Å². The van der Waals surface area contributed by atoms with Crippen molar-refractivity contribution in [3.63, 3.8) is 0 Å².